The highest BCUT2D eigenvalue weighted by Crippen LogP contribution is 2.24. The van der Waals surface area contributed by atoms with Gasteiger partial charge in [-0.1, -0.05) is 18.2 Å². The van der Waals surface area contributed by atoms with Gasteiger partial charge in [0.05, 0.1) is 25.5 Å². The lowest BCUT2D eigenvalue weighted by Crippen LogP contribution is -2.23. The van der Waals surface area contributed by atoms with Crippen molar-refractivity contribution in [2.24, 2.45) is 0 Å². The molecule has 0 saturated carbocycles. The van der Waals surface area contributed by atoms with E-state index >= 15 is 0 Å². The van der Waals surface area contributed by atoms with Crippen molar-refractivity contribution in [2.45, 2.75) is 12.6 Å². The molecule has 3 rings (SSSR count). The van der Waals surface area contributed by atoms with Gasteiger partial charge in [0.2, 0.25) is 0 Å². The standard InChI is InChI=1S/C18H19N3O2S/c1-23-14-6-4-5-13(9-14)17(12-22)20-10-15-11-21-18(24-15)16-7-2-3-8-19-16/h2-9,11,17,20,22H,10,12H2,1H3/t17-/m1/s1. The Morgan fingerprint density at radius 3 is 2.88 bits per heavy atom. The van der Waals surface area contributed by atoms with Crippen LogP contribution in [0.4, 0.5) is 0 Å². The summed E-state index contributed by atoms with van der Waals surface area (Å²) in [6.45, 7) is 0.645. The number of ether oxygens (including phenoxy) is 1. The van der Waals surface area contributed by atoms with Gasteiger partial charge in [-0.25, -0.2) is 4.98 Å². The van der Waals surface area contributed by atoms with E-state index in [1.807, 2.05) is 48.7 Å². The fourth-order valence-electron chi connectivity index (χ4n) is 2.37. The minimum atomic E-state index is -0.152. The number of thiazole rings is 1. The number of aromatic nitrogens is 2. The SMILES string of the molecule is COc1cccc([C@@H](CO)NCc2cnc(-c3ccccn3)s2)c1. The monoisotopic (exact) mass is 341 g/mol. The Morgan fingerprint density at radius 1 is 1.21 bits per heavy atom. The Kier molecular flexibility index (Phi) is 5.53. The maximum atomic E-state index is 9.68. The number of nitrogens with zero attached hydrogens (tertiary/aromatic N) is 2. The van der Waals surface area contributed by atoms with Gasteiger partial charge < -0.3 is 15.2 Å². The van der Waals surface area contributed by atoms with Crippen LogP contribution in [0.15, 0.2) is 54.9 Å². The highest BCUT2D eigenvalue weighted by Gasteiger charge is 2.12. The van der Waals surface area contributed by atoms with E-state index in [-0.39, 0.29) is 12.6 Å². The molecule has 0 aliphatic heterocycles. The van der Waals surface area contributed by atoms with Crippen molar-refractivity contribution in [3.63, 3.8) is 0 Å². The third-order valence-electron chi connectivity index (χ3n) is 3.64. The molecule has 124 valence electrons. The van der Waals surface area contributed by atoms with Gasteiger partial charge in [-0.3, -0.25) is 4.98 Å². The highest BCUT2D eigenvalue weighted by molar-refractivity contribution is 7.14. The van der Waals surface area contributed by atoms with Gasteiger partial charge in [-0.2, -0.15) is 0 Å². The second-order valence-corrected chi connectivity index (χ2v) is 6.35. The summed E-state index contributed by atoms with van der Waals surface area (Å²) in [5.74, 6) is 0.781. The molecule has 0 bridgehead atoms. The molecule has 5 nitrogen and oxygen atoms in total. The number of rotatable bonds is 7. The molecule has 0 aliphatic carbocycles. The first-order valence-corrected chi connectivity index (χ1v) is 8.46. The van der Waals surface area contributed by atoms with Crippen molar-refractivity contribution in [3.05, 3.63) is 65.3 Å². The molecule has 0 aliphatic rings. The summed E-state index contributed by atoms with van der Waals surface area (Å²) in [6.07, 6.45) is 3.61. The molecule has 0 fully saturated rings. The third kappa shape index (κ3) is 3.97. The number of aliphatic hydroxyl groups is 1. The maximum absolute atomic E-state index is 9.68. The first kappa shape index (κ1) is 16.6. The minimum Gasteiger partial charge on any atom is -0.497 e. The Hall–Kier alpha value is -2.28. The van der Waals surface area contributed by atoms with Gasteiger partial charge >= 0.3 is 0 Å². The van der Waals surface area contributed by atoms with Gasteiger partial charge in [0, 0.05) is 23.8 Å². The molecule has 0 radical (unpaired) electrons. The van der Waals surface area contributed by atoms with Crippen LogP contribution in [0.1, 0.15) is 16.5 Å². The van der Waals surface area contributed by atoms with Gasteiger partial charge in [0.1, 0.15) is 10.8 Å². The molecule has 0 unspecified atom stereocenters. The van der Waals surface area contributed by atoms with Crippen LogP contribution in [0.3, 0.4) is 0 Å². The molecule has 0 saturated heterocycles. The van der Waals surface area contributed by atoms with E-state index in [1.165, 1.54) is 0 Å². The molecular weight excluding hydrogens is 322 g/mol. The molecule has 0 spiro atoms. The summed E-state index contributed by atoms with van der Waals surface area (Å²) in [5, 5.41) is 13.9. The zero-order valence-electron chi connectivity index (χ0n) is 13.3. The van der Waals surface area contributed by atoms with Crippen molar-refractivity contribution >= 4 is 11.3 Å². The fourth-order valence-corrected chi connectivity index (χ4v) is 3.21. The summed E-state index contributed by atoms with van der Waals surface area (Å²) in [5.41, 5.74) is 1.87. The zero-order valence-corrected chi connectivity index (χ0v) is 14.2. The molecule has 6 heteroatoms. The van der Waals surface area contributed by atoms with Gasteiger partial charge in [-0.15, -0.1) is 11.3 Å². The third-order valence-corrected chi connectivity index (χ3v) is 4.66. The van der Waals surface area contributed by atoms with Gasteiger partial charge in [-0.05, 0) is 29.8 Å². The minimum absolute atomic E-state index is 0.0130. The van der Waals surface area contributed by atoms with E-state index in [2.05, 4.69) is 15.3 Å². The molecule has 1 atom stereocenters. The average Bonchev–Trinajstić information content (AvgIpc) is 3.12. The van der Waals surface area contributed by atoms with Gasteiger partial charge in [0.25, 0.3) is 0 Å². The van der Waals surface area contributed by atoms with Crippen molar-refractivity contribution < 1.29 is 9.84 Å². The smallest absolute Gasteiger partial charge is 0.142 e. The van der Waals surface area contributed by atoms with E-state index < -0.39 is 0 Å². The van der Waals surface area contributed by atoms with Crippen LogP contribution in [0, 0.1) is 0 Å². The van der Waals surface area contributed by atoms with E-state index in [1.54, 1.807) is 24.6 Å². The topological polar surface area (TPSA) is 67.3 Å². The van der Waals surface area contributed by atoms with Crippen molar-refractivity contribution in [3.8, 4) is 16.5 Å². The Morgan fingerprint density at radius 2 is 2.12 bits per heavy atom. The largest absolute Gasteiger partial charge is 0.497 e. The molecule has 0 amide bonds. The van der Waals surface area contributed by atoms with E-state index in [4.69, 9.17) is 4.74 Å². The molecule has 2 N–H and O–H groups in total. The Balaban J connectivity index is 1.67. The summed E-state index contributed by atoms with van der Waals surface area (Å²) in [7, 11) is 1.64. The normalized spacial score (nSPS) is 12.1. The van der Waals surface area contributed by atoms with E-state index in [9.17, 15) is 5.11 Å². The summed E-state index contributed by atoms with van der Waals surface area (Å²) in [4.78, 5) is 9.83. The Bertz CT molecular complexity index is 777. The van der Waals surface area contributed by atoms with Crippen LogP contribution in [0.5, 0.6) is 5.75 Å². The number of hydrogen-bond donors (Lipinski definition) is 2. The number of methoxy groups -OCH3 is 1. The summed E-state index contributed by atoms with van der Waals surface area (Å²) in [6, 6.07) is 13.3. The van der Waals surface area contributed by atoms with Crippen molar-refractivity contribution in [1.29, 1.82) is 0 Å². The van der Waals surface area contributed by atoms with Crippen molar-refractivity contribution in [1.82, 2.24) is 15.3 Å². The van der Waals surface area contributed by atoms with E-state index in [0.29, 0.717) is 6.54 Å². The predicted octanol–water partition coefficient (Wildman–Crippen LogP) is 3.04. The summed E-state index contributed by atoms with van der Waals surface area (Å²) >= 11 is 1.60. The number of pyridine rings is 1. The van der Waals surface area contributed by atoms with Gasteiger partial charge in [0.15, 0.2) is 0 Å². The zero-order chi connectivity index (χ0) is 16.8. The number of nitrogens with one attached hydrogen (secondary N) is 1. The maximum Gasteiger partial charge on any atom is 0.142 e. The van der Waals surface area contributed by atoms with Crippen LogP contribution < -0.4 is 10.1 Å². The number of hydrogen-bond acceptors (Lipinski definition) is 6. The highest BCUT2D eigenvalue weighted by atomic mass is 32.1. The van der Waals surface area contributed by atoms with Crippen molar-refractivity contribution in [2.75, 3.05) is 13.7 Å². The second kappa shape index (κ2) is 8.01. The quantitative estimate of drug-likeness (QED) is 0.691. The Labute approximate surface area is 145 Å². The lowest BCUT2D eigenvalue weighted by molar-refractivity contribution is 0.243. The lowest BCUT2D eigenvalue weighted by atomic mass is 10.1. The first-order valence-electron chi connectivity index (χ1n) is 7.64. The first-order chi connectivity index (χ1) is 11.8. The molecule has 1 aromatic carbocycles. The molecule has 2 aromatic heterocycles. The van der Waals surface area contributed by atoms with Crippen LogP contribution in [0.2, 0.25) is 0 Å². The number of aliphatic hydroxyl groups excluding tert-OH is 1. The van der Waals surface area contributed by atoms with Crippen LogP contribution in [-0.2, 0) is 6.54 Å². The summed E-state index contributed by atoms with van der Waals surface area (Å²) < 4.78 is 5.24. The fraction of sp³-hybridized carbons (Fsp3) is 0.222. The van der Waals surface area contributed by atoms with E-state index in [0.717, 1.165) is 26.9 Å². The molecule has 2 heterocycles. The van der Waals surface area contributed by atoms with Crippen LogP contribution in [0.25, 0.3) is 10.7 Å². The van der Waals surface area contributed by atoms with Crippen LogP contribution >= 0.6 is 11.3 Å². The predicted molar refractivity (Wildman–Crippen MR) is 95.0 cm³/mol. The average molecular weight is 341 g/mol. The number of benzene rings is 1. The molecule has 3 aromatic rings. The lowest BCUT2D eigenvalue weighted by Gasteiger charge is -2.16. The van der Waals surface area contributed by atoms with Crippen LogP contribution in [-0.4, -0.2) is 28.8 Å². The molecule has 24 heavy (non-hydrogen) atoms. The second-order valence-electron chi connectivity index (χ2n) is 5.24. The molecular formula is C18H19N3O2S.